The molecule has 2 heterocycles. The molecule has 0 radical (unpaired) electrons. The number of amides is 1. The zero-order valence-electron chi connectivity index (χ0n) is 15.3. The van der Waals surface area contributed by atoms with E-state index in [0.29, 0.717) is 25.0 Å². The van der Waals surface area contributed by atoms with Crippen LogP contribution in [-0.4, -0.2) is 60.2 Å². The molecule has 7 heteroatoms. The summed E-state index contributed by atoms with van der Waals surface area (Å²) in [6.45, 7) is 9.92. The van der Waals surface area contributed by atoms with Crippen molar-refractivity contribution in [3.05, 3.63) is 0 Å². The number of ether oxygens (including phenoxy) is 1. The fraction of sp³-hybridized carbons (Fsp3) is 0.882. The Hall–Kier alpha value is -0.730. The monoisotopic (exact) mass is 452 g/mol. The van der Waals surface area contributed by atoms with Gasteiger partial charge in [0.05, 0.1) is 0 Å². The molecule has 0 aromatic rings. The van der Waals surface area contributed by atoms with E-state index in [0.717, 1.165) is 32.5 Å². The molecule has 2 aliphatic rings. The molecule has 1 atom stereocenters. The van der Waals surface area contributed by atoms with Crippen LogP contribution in [0.3, 0.4) is 0 Å². The lowest BCUT2D eigenvalue weighted by atomic mass is 9.98. The van der Waals surface area contributed by atoms with E-state index in [1.807, 2.05) is 25.7 Å². The van der Waals surface area contributed by atoms with Gasteiger partial charge in [-0.1, -0.05) is 0 Å². The van der Waals surface area contributed by atoms with Crippen LogP contribution in [0.5, 0.6) is 0 Å². The van der Waals surface area contributed by atoms with Crippen LogP contribution >= 0.6 is 24.0 Å². The van der Waals surface area contributed by atoms with Crippen molar-refractivity contribution in [3.8, 4) is 0 Å². The van der Waals surface area contributed by atoms with E-state index in [1.165, 1.54) is 19.3 Å². The van der Waals surface area contributed by atoms with E-state index in [9.17, 15) is 4.79 Å². The van der Waals surface area contributed by atoms with Crippen molar-refractivity contribution < 1.29 is 9.53 Å². The number of guanidine groups is 1. The number of carbonyl (C=O) groups excluding carboxylic acids is 1. The summed E-state index contributed by atoms with van der Waals surface area (Å²) in [7, 11) is 0. The Balaban J connectivity index is 0.00000288. The fourth-order valence-corrected chi connectivity index (χ4v) is 3.15. The molecule has 2 fully saturated rings. The number of hydrogen-bond acceptors (Lipinski definition) is 3. The van der Waals surface area contributed by atoms with E-state index in [1.54, 1.807) is 0 Å². The predicted molar refractivity (Wildman–Crippen MR) is 108 cm³/mol. The Morgan fingerprint density at radius 1 is 1.12 bits per heavy atom. The maximum Gasteiger partial charge on any atom is 0.410 e. The zero-order valence-corrected chi connectivity index (χ0v) is 17.6. The van der Waals surface area contributed by atoms with Crippen molar-refractivity contribution in [3.63, 3.8) is 0 Å². The van der Waals surface area contributed by atoms with Gasteiger partial charge in [-0.2, -0.15) is 0 Å². The summed E-state index contributed by atoms with van der Waals surface area (Å²) >= 11 is 0. The Bertz CT molecular complexity index is 431. The number of nitrogens with two attached hydrogens (primary N) is 1. The van der Waals surface area contributed by atoms with Gasteiger partial charge in [0.25, 0.3) is 0 Å². The molecule has 0 aliphatic carbocycles. The third-order valence-corrected chi connectivity index (χ3v) is 4.36. The number of carbonyl (C=O) groups is 1. The van der Waals surface area contributed by atoms with Crippen LogP contribution in [0.1, 0.15) is 52.9 Å². The smallest absolute Gasteiger partial charge is 0.410 e. The molecular formula is C17H33IN4O2. The molecule has 24 heavy (non-hydrogen) atoms. The molecular weight excluding hydrogens is 419 g/mol. The van der Waals surface area contributed by atoms with Gasteiger partial charge in [0, 0.05) is 32.7 Å². The minimum absolute atomic E-state index is 0. The van der Waals surface area contributed by atoms with Gasteiger partial charge in [-0.15, -0.1) is 24.0 Å². The highest BCUT2D eigenvalue weighted by Crippen LogP contribution is 2.20. The molecule has 2 saturated heterocycles. The molecule has 2 N–H and O–H groups in total. The van der Waals surface area contributed by atoms with Gasteiger partial charge in [-0.05, 0) is 58.8 Å². The molecule has 140 valence electrons. The highest BCUT2D eigenvalue weighted by atomic mass is 127. The van der Waals surface area contributed by atoms with Crippen molar-refractivity contribution in [1.82, 2.24) is 9.80 Å². The summed E-state index contributed by atoms with van der Waals surface area (Å²) in [6.07, 6.45) is 5.57. The van der Waals surface area contributed by atoms with Crippen LogP contribution in [0.25, 0.3) is 0 Å². The molecule has 0 spiro atoms. The minimum atomic E-state index is -0.444. The van der Waals surface area contributed by atoms with E-state index in [-0.39, 0.29) is 30.1 Å². The number of hydrogen-bond donors (Lipinski definition) is 1. The van der Waals surface area contributed by atoms with Crippen molar-refractivity contribution in [2.75, 3.05) is 32.7 Å². The van der Waals surface area contributed by atoms with Crippen molar-refractivity contribution in [2.24, 2.45) is 16.6 Å². The zero-order chi connectivity index (χ0) is 16.9. The van der Waals surface area contributed by atoms with Gasteiger partial charge >= 0.3 is 6.09 Å². The molecule has 0 saturated carbocycles. The topological polar surface area (TPSA) is 71.2 Å². The maximum absolute atomic E-state index is 12.2. The molecule has 0 aromatic carbocycles. The summed E-state index contributed by atoms with van der Waals surface area (Å²) in [5.41, 5.74) is 5.67. The molecule has 6 nitrogen and oxygen atoms in total. The lowest BCUT2D eigenvalue weighted by molar-refractivity contribution is 0.0170. The maximum atomic E-state index is 12.2. The van der Waals surface area contributed by atoms with Crippen LogP contribution < -0.4 is 5.73 Å². The second kappa shape index (κ2) is 9.68. The number of nitrogens with zero attached hydrogens (tertiary/aromatic N) is 3. The standard InChI is InChI=1S/C17H32N4O2.HI/c1-17(2,3)23-16(22)21-11-7-8-14(13-21)12-19-15(18)20-9-5-4-6-10-20;/h14H,4-13H2,1-3H3,(H2,18,19);1H. The summed E-state index contributed by atoms with van der Waals surface area (Å²) < 4.78 is 5.46. The Kier molecular flexibility index (Phi) is 8.59. The molecule has 1 amide bonds. The quantitative estimate of drug-likeness (QED) is 0.397. The van der Waals surface area contributed by atoms with Crippen LogP contribution in [-0.2, 0) is 4.74 Å². The Morgan fingerprint density at radius 3 is 2.38 bits per heavy atom. The number of likely N-dealkylation sites (tertiary alicyclic amines) is 2. The molecule has 1 unspecified atom stereocenters. The number of rotatable bonds is 2. The summed E-state index contributed by atoms with van der Waals surface area (Å²) in [5, 5.41) is 0. The molecule has 0 bridgehead atoms. The fourth-order valence-electron chi connectivity index (χ4n) is 3.15. The SMILES string of the molecule is CC(C)(C)OC(=O)N1CCCC(CN=C(N)N2CCCCC2)C1.I. The van der Waals surface area contributed by atoms with Crippen LogP contribution in [0.15, 0.2) is 4.99 Å². The third kappa shape index (κ3) is 7.03. The summed E-state index contributed by atoms with van der Waals surface area (Å²) in [6, 6.07) is 0. The minimum Gasteiger partial charge on any atom is -0.444 e. The first kappa shape index (κ1) is 21.3. The average Bonchev–Trinajstić information content (AvgIpc) is 2.52. The van der Waals surface area contributed by atoms with Crippen molar-refractivity contribution >= 4 is 36.0 Å². The predicted octanol–water partition coefficient (Wildman–Crippen LogP) is 3.05. The number of aliphatic imine (C=N–C) groups is 1. The van der Waals surface area contributed by atoms with E-state index < -0.39 is 5.60 Å². The lowest BCUT2D eigenvalue weighted by Crippen LogP contribution is -2.44. The van der Waals surface area contributed by atoms with E-state index >= 15 is 0 Å². The van der Waals surface area contributed by atoms with Gasteiger partial charge < -0.3 is 20.3 Å². The highest BCUT2D eigenvalue weighted by molar-refractivity contribution is 14.0. The Morgan fingerprint density at radius 2 is 1.75 bits per heavy atom. The summed E-state index contributed by atoms with van der Waals surface area (Å²) in [4.78, 5) is 20.8. The van der Waals surface area contributed by atoms with Crippen molar-refractivity contribution in [2.45, 2.75) is 58.5 Å². The van der Waals surface area contributed by atoms with Gasteiger partial charge in [0.1, 0.15) is 5.60 Å². The van der Waals surface area contributed by atoms with Gasteiger partial charge in [0.2, 0.25) is 0 Å². The summed E-state index contributed by atoms with van der Waals surface area (Å²) in [5.74, 6) is 1.04. The normalized spacial score (nSPS) is 22.8. The highest BCUT2D eigenvalue weighted by Gasteiger charge is 2.27. The first-order chi connectivity index (χ1) is 10.8. The second-order valence-electron chi connectivity index (χ2n) is 7.68. The van der Waals surface area contributed by atoms with Crippen molar-refractivity contribution in [1.29, 1.82) is 0 Å². The molecule has 2 rings (SSSR count). The first-order valence-electron chi connectivity index (χ1n) is 8.88. The largest absolute Gasteiger partial charge is 0.444 e. The van der Waals surface area contributed by atoms with Crippen LogP contribution in [0.2, 0.25) is 0 Å². The Labute approximate surface area is 163 Å². The number of halogens is 1. The van der Waals surface area contributed by atoms with Crippen LogP contribution in [0, 0.1) is 5.92 Å². The first-order valence-corrected chi connectivity index (χ1v) is 8.88. The van der Waals surface area contributed by atoms with E-state index in [2.05, 4.69) is 9.89 Å². The lowest BCUT2D eigenvalue weighted by Gasteiger charge is -2.34. The average molecular weight is 452 g/mol. The third-order valence-electron chi connectivity index (χ3n) is 4.36. The van der Waals surface area contributed by atoms with E-state index in [4.69, 9.17) is 10.5 Å². The van der Waals surface area contributed by atoms with Crippen LogP contribution in [0.4, 0.5) is 4.79 Å². The van der Waals surface area contributed by atoms with Gasteiger partial charge in [-0.25, -0.2) is 4.79 Å². The molecule has 0 aromatic heterocycles. The molecule has 2 aliphatic heterocycles. The second-order valence-corrected chi connectivity index (χ2v) is 7.68. The van der Waals surface area contributed by atoms with Gasteiger partial charge in [-0.3, -0.25) is 4.99 Å². The van der Waals surface area contributed by atoms with Gasteiger partial charge in [0.15, 0.2) is 5.96 Å². The number of piperidine rings is 2.